The van der Waals surface area contributed by atoms with E-state index in [2.05, 4.69) is 34.3 Å². The van der Waals surface area contributed by atoms with E-state index in [1.807, 2.05) is 66.7 Å². The molecule has 0 spiro atoms. The molecule has 10 nitrogen and oxygen atoms in total. The first-order chi connectivity index (χ1) is 20.1. The van der Waals surface area contributed by atoms with Crippen LogP contribution in [0.15, 0.2) is 96.7 Å². The van der Waals surface area contributed by atoms with Crippen molar-refractivity contribution in [3.63, 3.8) is 0 Å². The van der Waals surface area contributed by atoms with Gasteiger partial charge in [0.2, 0.25) is 5.16 Å². The molecule has 2 heterocycles. The summed E-state index contributed by atoms with van der Waals surface area (Å²) in [6.07, 6.45) is -0.159. The number of aliphatic hydroxyl groups is 1. The van der Waals surface area contributed by atoms with Crippen LogP contribution in [-0.4, -0.2) is 49.9 Å². The number of rotatable bonds is 10. The molecular weight excluding hydrogens is 542 g/mol. The van der Waals surface area contributed by atoms with E-state index in [0.29, 0.717) is 16.6 Å². The van der Waals surface area contributed by atoms with E-state index >= 15 is 0 Å². The third-order valence-corrected chi connectivity index (χ3v) is 7.71. The standard InChI is InChI=1S/C30H31N5O5S/c1-3-17-38-30(37)31-24-15-13-23(14-16-24)28-39-26(20(2)27(40-28)22-11-9-21(18-36)10-12-22)19-41-29-32-33-34-35(29)25-7-5-4-6-8-25/h3-16,20,26-28,36H,1,17-19H2,2H3,(H,31,37). The Balaban J connectivity index is 1.35. The van der Waals surface area contributed by atoms with Crippen molar-refractivity contribution >= 4 is 23.5 Å². The van der Waals surface area contributed by atoms with Crippen LogP contribution in [0.25, 0.3) is 5.69 Å². The van der Waals surface area contributed by atoms with E-state index in [-0.39, 0.29) is 31.3 Å². The summed E-state index contributed by atoms with van der Waals surface area (Å²) < 4.78 is 19.7. The summed E-state index contributed by atoms with van der Waals surface area (Å²) in [6.45, 7) is 5.75. The molecule has 1 aliphatic rings. The number of amides is 1. The maximum absolute atomic E-state index is 11.9. The van der Waals surface area contributed by atoms with Crippen LogP contribution < -0.4 is 5.32 Å². The van der Waals surface area contributed by atoms with Gasteiger partial charge in [-0.2, -0.15) is 4.68 Å². The summed E-state index contributed by atoms with van der Waals surface area (Å²) in [5.74, 6) is 0.592. The predicted molar refractivity (Wildman–Crippen MR) is 154 cm³/mol. The van der Waals surface area contributed by atoms with Crippen LogP contribution in [-0.2, 0) is 20.8 Å². The number of nitrogens with zero attached hydrogens (tertiary/aromatic N) is 4. The molecule has 1 amide bonds. The Morgan fingerprint density at radius 2 is 1.80 bits per heavy atom. The second-order valence-electron chi connectivity index (χ2n) is 9.48. The zero-order chi connectivity index (χ0) is 28.6. The van der Waals surface area contributed by atoms with E-state index in [9.17, 15) is 9.90 Å². The van der Waals surface area contributed by atoms with Gasteiger partial charge in [0.1, 0.15) is 6.61 Å². The highest BCUT2D eigenvalue weighted by Crippen LogP contribution is 2.43. The molecule has 1 aromatic heterocycles. The summed E-state index contributed by atoms with van der Waals surface area (Å²) in [7, 11) is 0. The lowest BCUT2D eigenvalue weighted by Gasteiger charge is -2.41. The summed E-state index contributed by atoms with van der Waals surface area (Å²) in [6, 6.07) is 24.8. The van der Waals surface area contributed by atoms with Gasteiger partial charge in [0.15, 0.2) is 6.29 Å². The van der Waals surface area contributed by atoms with E-state index in [4.69, 9.17) is 14.2 Å². The molecule has 0 saturated carbocycles. The first kappa shape index (κ1) is 28.5. The number of aromatic nitrogens is 4. The average Bonchev–Trinajstić information content (AvgIpc) is 3.49. The number of benzene rings is 3. The molecule has 1 saturated heterocycles. The van der Waals surface area contributed by atoms with Gasteiger partial charge in [-0.15, -0.1) is 5.10 Å². The van der Waals surface area contributed by atoms with Crippen LogP contribution in [0.4, 0.5) is 10.5 Å². The van der Waals surface area contributed by atoms with E-state index < -0.39 is 12.4 Å². The molecule has 11 heteroatoms. The van der Waals surface area contributed by atoms with Crippen LogP contribution >= 0.6 is 11.8 Å². The molecule has 1 fully saturated rings. The highest BCUT2D eigenvalue weighted by Gasteiger charge is 2.38. The molecular formula is C30H31N5O5S. The minimum absolute atomic E-state index is 0.000327. The van der Waals surface area contributed by atoms with Crippen molar-refractivity contribution in [1.29, 1.82) is 0 Å². The number of tetrazole rings is 1. The molecule has 41 heavy (non-hydrogen) atoms. The third-order valence-electron chi connectivity index (χ3n) is 6.70. The fourth-order valence-corrected chi connectivity index (χ4v) is 5.53. The minimum Gasteiger partial charge on any atom is -0.445 e. The smallest absolute Gasteiger partial charge is 0.411 e. The molecule has 0 radical (unpaired) electrons. The number of carbonyl (C=O) groups excluding carboxylic acids is 1. The van der Waals surface area contributed by atoms with Crippen molar-refractivity contribution in [2.45, 2.75) is 37.2 Å². The zero-order valence-corrected chi connectivity index (χ0v) is 23.3. The summed E-state index contributed by atoms with van der Waals surface area (Å²) in [5, 5.41) is 25.1. The summed E-state index contributed by atoms with van der Waals surface area (Å²) in [4.78, 5) is 11.9. The number of anilines is 1. The van der Waals surface area contributed by atoms with Gasteiger partial charge in [0.05, 0.1) is 24.5 Å². The molecule has 3 aromatic carbocycles. The zero-order valence-electron chi connectivity index (χ0n) is 22.5. The molecule has 5 rings (SSSR count). The van der Waals surface area contributed by atoms with Crippen LogP contribution in [0.1, 0.15) is 36.0 Å². The number of para-hydroxylation sites is 1. The lowest BCUT2D eigenvalue weighted by molar-refractivity contribution is -0.268. The van der Waals surface area contributed by atoms with E-state index in [0.717, 1.165) is 22.4 Å². The van der Waals surface area contributed by atoms with E-state index in [1.54, 1.807) is 16.8 Å². The first-order valence-corrected chi connectivity index (χ1v) is 14.2. The number of carbonyl (C=O) groups is 1. The largest absolute Gasteiger partial charge is 0.445 e. The fourth-order valence-electron chi connectivity index (χ4n) is 4.48. The van der Waals surface area contributed by atoms with Crippen LogP contribution in [0.5, 0.6) is 0 Å². The van der Waals surface area contributed by atoms with Gasteiger partial charge >= 0.3 is 6.09 Å². The van der Waals surface area contributed by atoms with Crippen molar-refractivity contribution in [2.75, 3.05) is 17.7 Å². The maximum atomic E-state index is 11.9. The Morgan fingerprint density at radius 3 is 2.51 bits per heavy atom. The van der Waals surface area contributed by atoms with Crippen molar-refractivity contribution in [3.8, 4) is 5.69 Å². The third kappa shape index (κ3) is 7.01. The second-order valence-corrected chi connectivity index (χ2v) is 10.5. The molecule has 212 valence electrons. The lowest BCUT2D eigenvalue weighted by Crippen LogP contribution is -2.38. The lowest BCUT2D eigenvalue weighted by atomic mass is 9.91. The first-order valence-electron chi connectivity index (χ1n) is 13.2. The number of ether oxygens (including phenoxy) is 3. The average molecular weight is 574 g/mol. The molecule has 4 unspecified atom stereocenters. The highest BCUT2D eigenvalue weighted by molar-refractivity contribution is 7.99. The monoisotopic (exact) mass is 573 g/mol. The molecule has 0 aliphatic carbocycles. The van der Waals surface area contributed by atoms with Gasteiger partial charge < -0.3 is 19.3 Å². The number of aliphatic hydroxyl groups excluding tert-OH is 1. The van der Waals surface area contributed by atoms with E-state index in [1.165, 1.54) is 17.8 Å². The Hall–Kier alpha value is -4.03. The molecule has 0 bridgehead atoms. The molecule has 4 atom stereocenters. The Kier molecular flexibility index (Phi) is 9.42. The Labute approximate surface area is 242 Å². The normalized spacial score (nSPS) is 20.3. The SMILES string of the molecule is C=CCOC(=O)Nc1ccc(C2OC(CSc3nnnn3-c3ccccc3)C(C)C(c3ccc(CO)cc3)O2)cc1. The topological polar surface area (TPSA) is 121 Å². The molecule has 4 aromatic rings. The van der Waals surface area contributed by atoms with Crippen LogP contribution in [0.3, 0.4) is 0 Å². The van der Waals surface area contributed by atoms with Gasteiger partial charge in [0.25, 0.3) is 0 Å². The predicted octanol–water partition coefficient (Wildman–Crippen LogP) is 5.47. The minimum atomic E-state index is -0.647. The van der Waals surface area contributed by atoms with Gasteiger partial charge in [-0.05, 0) is 45.8 Å². The summed E-state index contributed by atoms with van der Waals surface area (Å²) >= 11 is 1.52. The van der Waals surface area contributed by atoms with Gasteiger partial charge in [-0.1, -0.05) is 85.9 Å². The Bertz CT molecular complexity index is 1430. The quantitative estimate of drug-likeness (QED) is 0.188. The van der Waals surface area contributed by atoms with Crippen molar-refractivity contribution in [1.82, 2.24) is 20.2 Å². The summed E-state index contributed by atoms with van der Waals surface area (Å²) in [5.41, 5.74) is 4.10. The van der Waals surface area contributed by atoms with Gasteiger partial charge in [0, 0.05) is 22.9 Å². The second kappa shape index (κ2) is 13.6. The molecule has 2 N–H and O–H groups in total. The molecule has 1 aliphatic heterocycles. The van der Waals surface area contributed by atoms with Crippen molar-refractivity contribution < 1.29 is 24.1 Å². The van der Waals surface area contributed by atoms with Gasteiger partial charge in [-0.3, -0.25) is 5.32 Å². The number of thioether (sulfide) groups is 1. The van der Waals surface area contributed by atoms with Crippen LogP contribution in [0.2, 0.25) is 0 Å². The van der Waals surface area contributed by atoms with Crippen molar-refractivity contribution in [2.24, 2.45) is 5.92 Å². The number of nitrogens with one attached hydrogen (secondary N) is 1. The van der Waals surface area contributed by atoms with Crippen LogP contribution in [0, 0.1) is 5.92 Å². The maximum Gasteiger partial charge on any atom is 0.411 e. The fraction of sp³-hybridized carbons (Fsp3) is 0.267. The number of hydrogen-bond donors (Lipinski definition) is 2. The Morgan fingerprint density at radius 1 is 1.07 bits per heavy atom. The van der Waals surface area contributed by atoms with Crippen molar-refractivity contribution in [3.05, 3.63) is 108 Å². The highest BCUT2D eigenvalue weighted by atomic mass is 32.2. The van der Waals surface area contributed by atoms with Gasteiger partial charge in [-0.25, -0.2) is 4.79 Å². The number of hydrogen-bond acceptors (Lipinski definition) is 9.